The Hall–Kier alpha value is -0.410. The summed E-state index contributed by atoms with van der Waals surface area (Å²) in [4.78, 5) is 4.46. The van der Waals surface area contributed by atoms with E-state index >= 15 is 0 Å². The first-order chi connectivity index (χ1) is 6.20. The van der Waals surface area contributed by atoms with Crippen molar-refractivity contribution in [2.45, 2.75) is 6.92 Å². The van der Waals surface area contributed by atoms with Crippen molar-refractivity contribution >= 4 is 42.8 Å². The molecule has 1 nitrogen and oxygen atoms in total. The molecule has 0 aliphatic heterocycles. The quantitative estimate of drug-likeness (QED) is 0.715. The van der Waals surface area contributed by atoms with Gasteiger partial charge in [-0.25, -0.2) is 0 Å². The molecule has 0 spiro atoms. The van der Waals surface area contributed by atoms with Gasteiger partial charge in [-0.3, -0.25) is 4.98 Å². The average molecular weight is 301 g/mol. The maximum Gasteiger partial charge on any atom is 0.0717 e. The van der Waals surface area contributed by atoms with Crippen LogP contribution in [0.15, 0.2) is 33.2 Å². The number of aromatic nitrogens is 1. The van der Waals surface area contributed by atoms with Gasteiger partial charge in [-0.05, 0) is 44.8 Å². The molecule has 66 valence electrons. The Labute approximate surface area is 93.4 Å². The molecule has 1 heterocycles. The standard InChI is InChI=1S/C10H7Br2N/c1-6-9(11)10(12)7-4-2-3-5-8(7)13-6/h2-5H,1H3. The van der Waals surface area contributed by atoms with Gasteiger partial charge < -0.3 is 0 Å². The summed E-state index contributed by atoms with van der Waals surface area (Å²) in [6, 6.07) is 8.07. The fourth-order valence-corrected chi connectivity index (χ4v) is 2.19. The molecule has 2 aromatic rings. The third kappa shape index (κ3) is 1.51. The van der Waals surface area contributed by atoms with Gasteiger partial charge in [0.15, 0.2) is 0 Å². The number of fused-ring (bicyclic) bond motifs is 1. The summed E-state index contributed by atoms with van der Waals surface area (Å²) in [6.07, 6.45) is 0. The molecule has 1 aromatic carbocycles. The number of aryl methyl sites for hydroxylation is 1. The Morgan fingerprint density at radius 1 is 1.08 bits per heavy atom. The van der Waals surface area contributed by atoms with Crippen LogP contribution in [0.2, 0.25) is 0 Å². The van der Waals surface area contributed by atoms with Crippen molar-refractivity contribution in [2.75, 3.05) is 0 Å². The van der Waals surface area contributed by atoms with E-state index in [0.29, 0.717) is 0 Å². The van der Waals surface area contributed by atoms with E-state index < -0.39 is 0 Å². The van der Waals surface area contributed by atoms with Crippen LogP contribution in [0.4, 0.5) is 0 Å². The average Bonchev–Trinajstić information content (AvgIpc) is 2.15. The van der Waals surface area contributed by atoms with Crippen LogP contribution in [0.25, 0.3) is 10.9 Å². The molecule has 0 aliphatic carbocycles. The Bertz CT molecular complexity index is 466. The number of nitrogens with zero attached hydrogens (tertiary/aromatic N) is 1. The van der Waals surface area contributed by atoms with Crippen LogP contribution in [0, 0.1) is 6.92 Å². The first kappa shape index (κ1) is 9.16. The minimum absolute atomic E-state index is 1.01. The van der Waals surface area contributed by atoms with E-state index in [-0.39, 0.29) is 0 Å². The van der Waals surface area contributed by atoms with Gasteiger partial charge in [0.25, 0.3) is 0 Å². The van der Waals surface area contributed by atoms with Crippen LogP contribution >= 0.6 is 31.9 Å². The van der Waals surface area contributed by atoms with Crippen LogP contribution in [0.3, 0.4) is 0 Å². The number of hydrogen-bond donors (Lipinski definition) is 0. The van der Waals surface area contributed by atoms with E-state index in [4.69, 9.17) is 0 Å². The highest BCUT2D eigenvalue weighted by Crippen LogP contribution is 2.31. The molecular weight excluding hydrogens is 294 g/mol. The van der Waals surface area contributed by atoms with Gasteiger partial charge >= 0.3 is 0 Å². The van der Waals surface area contributed by atoms with Crippen molar-refractivity contribution in [2.24, 2.45) is 0 Å². The SMILES string of the molecule is Cc1nc2ccccc2c(Br)c1Br. The second kappa shape index (κ2) is 3.39. The summed E-state index contributed by atoms with van der Waals surface area (Å²) in [6.45, 7) is 1.99. The predicted molar refractivity (Wildman–Crippen MR) is 61.9 cm³/mol. The molecule has 0 bridgehead atoms. The largest absolute Gasteiger partial charge is 0.252 e. The molecule has 0 saturated carbocycles. The maximum atomic E-state index is 4.46. The van der Waals surface area contributed by atoms with E-state index in [1.54, 1.807) is 0 Å². The fraction of sp³-hybridized carbons (Fsp3) is 0.100. The number of hydrogen-bond acceptors (Lipinski definition) is 1. The third-order valence-electron chi connectivity index (χ3n) is 1.94. The van der Waals surface area contributed by atoms with E-state index in [1.807, 2.05) is 25.1 Å². The highest BCUT2D eigenvalue weighted by molar-refractivity contribution is 9.13. The molecule has 0 N–H and O–H groups in total. The van der Waals surface area contributed by atoms with Crippen LogP contribution in [-0.2, 0) is 0 Å². The summed E-state index contributed by atoms with van der Waals surface area (Å²) in [5, 5.41) is 1.14. The van der Waals surface area contributed by atoms with Gasteiger partial charge in [-0.1, -0.05) is 18.2 Å². The Morgan fingerprint density at radius 2 is 1.77 bits per heavy atom. The predicted octanol–water partition coefficient (Wildman–Crippen LogP) is 4.07. The molecule has 0 aliphatic rings. The van der Waals surface area contributed by atoms with Gasteiger partial charge in [-0.2, -0.15) is 0 Å². The first-order valence-corrected chi connectivity index (χ1v) is 5.49. The van der Waals surface area contributed by atoms with Crippen LogP contribution < -0.4 is 0 Å². The molecule has 0 amide bonds. The number of halogens is 2. The van der Waals surface area contributed by atoms with Crippen LogP contribution in [0.5, 0.6) is 0 Å². The summed E-state index contributed by atoms with van der Waals surface area (Å²) in [5.41, 5.74) is 2.03. The molecule has 13 heavy (non-hydrogen) atoms. The lowest BCUT2D eigenvalue weighted by atomic mass is 10.2. The zero-order chi connectivity index (χ0) is 9.42. The second-order valence-electron chi connectivity index (χ2n) is 2.84. The van der Waals surface area contributed by atoms with Crippen molar-refractivity contribution in [3.05, 3.63) is 38.9 Å². The molecule has 1 aromatic heterocycles. The smallest absolute Gasteiger partial charge is 0.0717 e. The normalized spacial score (nSPS) is 10.7. The molecular formula is C10H7Br2N. The zero-order valence-electron chi connectivity index (χ0n) is 7.01. The summed E-state index contributed by atoms with van der Waals surface area (Å²) < 4.78 is 2.11. The lowest BCUT2D eigenvalue weighted by Gasteiger charge is -2.04. The van der Waals surface area contributed by atoms with Gasteiger partial charge in [0.2, 0.25) is 0 Å². The summed E-state index contributed by atoms with van der Waals surface area (Å²) in [5.74, 6) is 0. The molecule has 0 unspecified atom stereocenters. The van der Waals surface area contributed by atoms with E-state index in [1.165, 1.54) is 0 Å². The number of para-hydroxylation sites is 1. The lowest BCUT2D eigenvalue weighted by Crippen LogP contribution is -1.87. The highest BCUT2D eigenvalue weighted by Gasteiger charge is 2.06. The van der Waals surface area contributed by atoms with Crippen molar-refractivity contribution < 1.29 is 0 Å². The Morgan fingerprint density at radius 3 is 2.54 bits per heavy atom. The maximum absolute atomic E-state index is 4.46. The van der Waals surface area contributed by atoms with Crippen molar-refractivity contribution in [3.63, 3.8) is 0 Å². The summed E-state index contributed by atoms with van der Waals surface area (Å²) >= 11 is 7.04. The van der Waals surface area contributed by atoms with Crippen LogP contribution in [0.1, 0.15) is 5.69 Å². The van der Waals surface area contributed by atoms with Crippen LogP contribution in [-0.4, -0.2) is 4.98 Å². The summed E-state index contributed by atoms with van der Waals surface area (Å²) in [7, 11) is 0. The molecule has 2 rings (SSSR count). The minimum Gasteiger partial charge on any atom is -0.252 e. The minimum atomic E-state index is 1.01. The van der Waals surface area contributed by atoms with Gasteiger partial charge in [0.1, 0.15) is 0 Å². The van der Waals surface area contributed by atoms with E-state index in [9.17, 15) is 0 Å². The molecule has 0 radical (unpaired) electrons. The number of benzene rings is 1. The monoisotopic (exact) mass is 299 g/mol. The van der Waals surface area contributed by atoms with Crippen molar-refractivity contribution in [1.29, 1.82) is 0 Å². The molecule has 0 fully saturated rings. The van der Waals surface area contributed by atoms with Gasteiger partial charge in [0, 0.05) is 9.86 Å². The fourth-order valence-electron chi connectivity index (χ4n) is 1.26. The van der Waals surface area contributed by atoms with Gasteiger partial charge in [0.05, 0.1) is 15.7 Å². The van der Waals surface area contributed by atoms with Gasteiger partial charge in [-0.15, -0.1) is 0 Å². The Kier molecular flexibility index (Phi) is 2.39. The Balaban J connectivity index is 2.94. The lowest BCUT2D eigenvalue weighted by molar-refractivity contribution is 1.22. The first-order valence-electron chi connectivity index (χ1n) is 3.90. The second-order valence-corrected chi connectivity index (χ2v) is 4.43. The van der Waals surface area contributed by atoms with E-state index in [2.05, 4.69) is 42.9 Å². The topological polar surface area (TPSA) is 12.9 Å². The number of rotatable bonds is 0. The van der Waals surface area contributed by atoms with E-state index in [0.717, 1.165) is 25.5 Å². The van der Waals surface area contributed by atoms with Crippen molar-refractivity contribution in [1.82, 2.24) is 4.98 Å². The molecule has 3 heteroatoms. The van der Waals surface area contributed by atoms with Crippen molar-refractivity contribution in [3.8, 4) is 0 Å². The number of pyridine rings is 1. The molecule has 0 atom stereocenters. The zero-order valence-corrected chi connectivity index (χ0v) is 10.2. The highest BCUT2D eigenvalue weighted by atomic mass is 79.9. The third-order valence-corrected chi connectivity index (χ3v) is 4.27. The molecule has 0 saturated heterocycles.